The fourth-order valence-corrected chi connectivity index (χ4v) is 5.04. The maximum atomic E-state index is 11.9. The lowest BCUT2D eigenvalue weighted by molar-refractivity contribution is -0.120. The Kier molecular flexibility index (Phi) is 2.50. The average molecular weight is 242 g/mol. The van der Waals surface area contributed by atoms with Gasteiger partial charge in [-0.3, -0.25) is 4.79 Å². The van der Waals surface area contributed by atoms with Crippen LogP contribution in [0, 0.1) is 23.7 Å². The molecule has 0 aromatic rings. The molecule has 96 valence electrons. The van der Waals surface area contributed by atoms with Crippen molar-refractivity contribution >= 4 is 5.78 Å². The normalized spacial score (nSPS) is 42.6. The van der Waals surface area contributed by atoms with E-state index in [0.29, 0.717) is 11.7 Å². The highest BCUT2D eigenvalue weighted by Crippen LogP contribution is 2.51. The summed E-state index contributed by atoms with van der Waals surface area (Å²) in [6.45, 7) is 0. The molecule has 18 heavy (non-hydrogen) atoms. The monoisotopic (exact) mass is 242 g/mol. The van der Waals surface area contributed by atoms with Crippen LogP contribution in [0.1, 0.15) is 51.4 Å². The zero-order chi connectivity index (χ0) is 12.1. The predicted octanol–water partition coefficient (Wildman–Crippen LogP) is 4.05. The second-order valence-electron chi connectivity index (χ2n) is 6.66. The smallest absolute Gasteiger partial charge is 0.140 e. The van der Waals surface area contributed by atoms with Crippen LogP contribution < -0.4 is 0 Å². The van der Waals surface area contributed by atoms with Crippen molar-refractivity contribution in [1.82, 2.24) is 0 Å². The van der Waals surface area contributed by atoms with Gasteiger partial charge in [0.2, 0.25) is 0 Å². The molecule has 0 bridgehead atoms. The molecule has 0 spiro atoms. The fraction of sp³-hybridized carbons (Fsp3) is 0.706. The van der Waals surface area contributed by atoms with E-state index in [1.54, 1.807) is 11.1 Å². The van der Waals surface area contributed by atoms with Gasteiger partial charge in [-0.05, 0) is 61.9 Å². The van der Waals surface area contributed by atoms with Gasteiger partial charge in [0.05, 0.1) is 0 Å². The van der Waals surface area contributed by atoms with Crippen molar-refractivity contribution in [3.8, 4) is 0 Å². The van der Waals surface area contributed by atoms with E-state index >= 15 is 0 Å². The first-order valence-corrected chi connectivity index (χ1v) is 7.78. The summed E-state index contributed by atoms with van der Waals surface area (Å²) in [6.07, 6.45) is 14.9. The molecule has 0 heterocycles. The summed E-state index contributed by atoms with van der Waals surface area (Å²) >= 11 is 0. The van der Waals surface area contributed by atoms with Gasteiger partial charge in [-0.2, -0.15) is 0 Å². The first-order chi connectivity index (χ1) is 8.84. The van der Waals surface area contributed by atoms with Gasteiger partial charge in [0.25, 0.3) is 0 Å². The second kappa shape index (κ2) is 4.08. The van der Waals surface area contributed by atoms with Crippen LogP contribution in [0.25, 0.3) is 0 Å². The van der Waals surface area contributed by atoms with Gasteiger partial charge in [0.1, 0.15) is 5.78 Å². The summed E-state index contributed by atoms with van der Waals surface area (Å²) in [7, 11) is 0. The summed E-state index contributed by atoms with van der Waals surface area (Å²) in [5.74, 6) is 3.07. The fourth-order valence-electron chi connectivity index (χ4n) is 5.04. The van der Waals surface area contributed by atoms with Crippen LogP contribution in [-0.2, 0) is 4.79 Å². The van der Waals surface area contributed by atoms with Gasteiger partial charge in [-0.1, -0.05) is 24.1 Å². The van der Waals surface area contributed by atoms with Gasteiger partial charge < -0.3 is 0 Å². The number of fused-ring (bicyclic) bond motifs is 4. The number of rotatable bonds is 0. The lowest BCUT2D eigenvalue weighted by Gasteiger charge is -2.41. The quantitative estimate of drug-likeness (QED) is 0.626. The van der Waals surface area contributed by atoms with Crippen molar-refractivity contribution in [2.45, 2.75) is 51.4 Å². The zero-order valence-electron chi connectivity index (χ0n) is 11.0. The highest BCUT2D eigenvalue weighted by atomic mass is 16.1. The van der Waals surface area contributed by atoms with Crippen molar-refractivity contribution in [3.05, 3.63) is 23.3 Å². The highest BCUT2D eigenvalue weighted by Gasteiger charge is 2.44. The van der Waals surface area contributed by atoms with E-state index in [0.717, 1.165) is 24.7 Å². The Morgan fingerprint density at radius 2 is 1.94 bits per heavy atom. The SMILES string of the molecule is O=C1CC[C@@H]2[C@@H]1C=CC1=C3CCCCC3CC[C@H]12. The zero-order valence-corrected chi connectivity index (χ0v) is 11.0. The highest BCUT2D eigenvalue weighted by molar-refractivity contribution is 5.85. The first-order valence-electron chi connectivity index (χ1n) is 7.78. The molecular formula is C17H22O. The van der Waals surface area contributed by atoms with E-state index in [9.17, 15) is 4.79 Å². The lowest BCUT2D eigenvalue weighted by Crippen LogP contribution is -2.31. The third-order valence-electron chi connectivity index (χ3n) is 5.89. The molecule has 0 aromatic carbocycles. The second-order valence-corrected chi connectivity index (χ2v) is 6.66. The van der Waals surface area contributed by atoms with Crippen molar-refractivity contribution in [2.75, 3.05) is 0 Å². The van der Waals surface area contributed by atoms with Crippen molar-refractivity contribution in [2.24, 2.45) is 23.7 Å². The molecule has 0 radical (unpaired) electrons. The number of allylic oxidation sites excluding steroid dienone is 4. The number of carbonyl (C=O) groups excluding carboxylic acids is 1. The van der Waals surface area contributed by atoms with Gasteiger partial charge in [0.15, 0.2) is 0 Å². The molecular weight excluding hydrogens is 220 g/mol. The molecule has 4 aliphatic rings. The molecule has 0 aromatic heterocycles. The van der Waals surface area contributed by atoms with Gasteiger partial charge in [0, 0.05) is 12.3 Å². The topological polar surface area (TPSA) is 17.1 Å². The summed E-state index contributed by atoms with van der Waals surface area (Å²) in [5.41, 5.74) is 3.45. The molecule has 4 rings (SSSR count). The van der Waals surface area contributed by atoms with Gasteiger partial charge in [-0.25, -0.2) is 0 Å². The Hall–Kier alpha value is -0.850. The molecule has 0 aliphatic heterocycles. The largest absolute Gasteiger partial charge is 0.299 e. The Bertz CT molecular complexity index is 443. The molecule has 4 aliphatic carbocycles. The predicted molar refractivity (Wildman–Crippen MR) is 72.1 cm³/mol. The molecule has 1 unspecified atom stereocenters. The minimum atomic E-state index is 0.277. The third kappa shape index (κ3) is 1.49. The van der Waals surface area contributed by atoms with Crippen LogP contribution in [0.4, 0.5) is 0 Å². The molecule has 0 amide bonds. The van der Waals surface area contributed by atoms with E-state index in [1.807, 2.05) is 0 Å². The Labute approximate surface area is 109 Å². The summed E-state index contributed by atoms with van der Waals surface area (Å²) < 4.78 is 0. The number of Topliss-reactive ketones (excluding diaryl/α,β-unsaturated/α-hetero) is 1. The molecule has 1 nitrogen and oxygen atoms in total. The van der Waals surface area contributed by atoms with E-state index in [-0.39, 0.29) is 5.92 Å². The maximum absolute atomic E-state index is 11.9. The molecule has 0 N–H and O–H groups in total. The van der Waals surface area contributed by atoms with E-state index in [4.69, 9.17) is 0 Å². The average Bonchev–Trinajstić information content (AvgIpc) is 2.80. The Morgan fingerprint density at radius 3 is 2.89 bits per heavy atom. The van der Waals surface area contributed by atoms with Crippen molar-refractivity contribution in [3.63, 3.8) is 0 Å². The summed E-state index contributed by atoms with van der Waals surface area (Å²) in [4.78, 5) is 11.9. The minimum absolute atomic E-state index is 0.277. The number of hydrogen-bond donors (Lipinski definition) is 0. The van der Waals surface area contributed by atoms with Crippen LogP contribution in [-0.4, -0.2) is 5.78 Å². The van der Waals surface area contributed by atoms with Crippen LogP contribution in [0.15, 0.2) is 23.3 Å². The van der Waals surface area contributed by atoms with E-state index in [2.05, 4.69) is 12.2 Å². The number of hydrogen-bond acceptors (Lipinski definition) is 1. The van der Waals surface area contributed by atoms with E-state index in [1.165, 1.54) is 38.5 Å². The van der Waals surface area contributed by atoms with Crippen LogP contribution in [0.3, 0.4) is 0 Å². The molecule has 4 atom stereocenters. The van der Waals surface area contributed by atoms with Gasteiger partial charge >= 0.3 is 0 Å². The molecule has 2 fully saturated rings. The van der Waals surface area contributed by atoms with Crippen LogP contribution >= 0.6 is 0 Å². The van der Waals surface area contributed by atoms with Crippen molar-refractivity contribution < 1.29 is 4.79 Å². The first kappa shape index (κ1) is 11.0. The maximum Gasteiger partial charge on any atom is 0.140 e. The van der Waals surface area contributed by atoms with Crippen LogP contribution in [0.2, 0.25) is 0 Å². The Balaban J connectivity index is 1.75. The Morgan fingerprint density at radius 1 is 1.00 bits per heavy atom. The van der Waals surface area contributed by atoms with Gasteiger partial charge in [-0.15, -0.1) is 0 Å². The summed E-state index contributed by atoms with van der Waals surface area (Å²) in [6, 6.07) is 0. The number of carbonyl (C=O) groups is 1. The minimum Gasteiger partial charge on any atom is -0.299 e. The lowest BCUT2D eigenvalue weighted by atomic mass is 9.63. The van der Waals surface area contributed by atoms with Crippen LogP contribution in [0.5, 0.6) is 0 Å². The van der Waals surface area contributed by atoms with Crippen molar-refractivity contribution in [1.29, 1.82) is 0 Å². The summed E-state index contributed by atoms with van der Waals surface area (Å²) in [5, 5.41) is 0. The molecule has 0 saturated heterocycles. The third-order valence-corrected chi connectivity index (χ3v) is 5.89. The van der Waals surface area contributed by atoms with E-state index < -0.39 is 0 Å². The standard InChI is InChI=1S/C17H22O/c18-17-10-9-15-14-6-5-11-3-1-2-4-12(11)13(14)7-8-16(15)17/h7-8,11,14-16H,1-6,9-10H2/t11?,14-,15+,16+/m1/s1. The molecule has 2 saturated carbocycles. The molecule has 1 heteroatoms. The number of ketones is 1.